The Morgan fingerprint density at radius 3 is 2.11 bits per heavy atom. The lowest BCUT2D eigenvalue weighted by Gasteiger charge is -2.35. The molecule has 2 rings (SSSR count). The number of anilines is 2. The molecule has 1 saturated heterocycles. The van der Waals surface area contributed by atoms with Crippen LogP contribution in [-0.4, -0.2) is 72.5 Å². The van der Waals surface area contributed by atoms with E-state index in [0.717, 1.165) is 45.3 Å². The number of rotatable bonds is 8. The van der Waals surface area contributed by atoms with Crippen molar-refractivity contribution in [2.75, 3.05) is 49.9 Å². The van der Waals surface area contributed by atoms with Gasteiger partial charge in [0.1, 0.15) is 17.0 Å². The molecule has 0 aromatic heterocycles. The fourth-order valence-electron chi connectivity index (χ4n) is 3.81. The first kappa shape index (κ1) is 28.7. The third-order valence-electron chi connectivity index (χ3n) is 5.51. The van der Waals surface area contributed by atoms with Gasteiger partial charge in [-0.2, -0.15) is 0 Å². The number of unbranched alkanes of at least 4 members (excludes halogenated alkanes) is 3. The number of carbonyl (C=O) groups excluding carboxylic acids is 2. The van der Waals surface area contributed by atoms with Crippen LogP contribution in [0, 0.1) is 5.82 Å². The number of hydrogen-bond donors (Lipinski definition) is 1. The van der Waals surface area contributed by atoms with Crippen molar-refractivity contribution < 1.29 is 23.5 Å². The highest BCUT2D eigenvalue weighted by Crippen LogP contribution is 2.24. The zero-order valence-electron chi connectivity index (χ0n) is 22.2. The molecule has 0 radical (unpaired) electrons. The van der Waals surface area contributed by atoms with Gasteiger partial charge in [0, 0.05) is 38.4 Å². The van der Waals surface area contributed by atoms with E-state index in [1.807, 2.05) is 20.8 Å². The van der Waals surface area contributed by atoms with E-state index >= 15 is 0 Å². The number of nitrogen functional groups attached to an aromatic ring is 1. The summed E-state index contributed by atoms with van der Waals surface area (Å²) in [6.45, 7) is 15.3. The van der Waals surface area contributed by atoms with Gasteiger partial charge in [-0.15, -0.1) is 0 Å². The van der Waals surface area contributed by atoms with Crippen molar-refractivity contribution in [1.29, 1.82) is 0 Å². The summed E-state index contributed by atoms with van der Waals surface area (Å²) in [6, 6.07) is 4.32. The van der Waals surface area contributed by atoms with Gasteiger partial charge in [0.25, 0.3) is 0 Å². The van der Waals surface area contributed by atoms with Crippen LogP contribution in [0.3, 0.4) is 0 Å². The number of hydrogen-bond acceptors (Lipinski definition) is 6. The number of nitrogens with two attached hydrogens (primary N) is 1. The second-order valence-electron chi connectivity index (χ2n) is 11.1. The van der Waals surface area contributed by atoms with Crippen LogP contribution in [0.15, 0.2) is 18.2 Å². The second kappa shape index (κ2) is 12.4. The Balaban J connectivity index is 1.75. The number of ether oxygens (including phenoxy) is 2. The minimum atomic E-state index is -0.673. The molecule has 0 atom stereocenters. The van der Waals surface area contributed by atoms with Crippen LogP contribution in [0.4, 0.5) is 25.4 Å². The van der Waals surface area contributed by atoms with Gasteiger partial charge in [-0.05, 0) is 79.1 Å². The fraction of sp³-hybridized carbons (Fsp3) is 0.692. The van der Waals surface area contributed by atoms with Gasteiger partial charge in [0.05, 0.1) is 5.69 Å². The Labute approximate surface area is 209 Å². The highest BCUT2D eigenvalue weighted by atomic mass is 19.1. The quantitative estimate of drug-likeness (QED) is 0.392. The molecule has 9 heteroatoms. The highest BCUT2D eigenvalue weighted by molar-refractivity contribution is 5.88. The molecule has 2 amide bonds. The van der Waals surface area contributed by atoms with Crippen LogP contribution in [0.5, 0.6) is 0 Å². The summed E-state index contributed by atoms with van der Waals surface area (Å²) in [6.07, 6.45) is 2.85. The van der Waals surface area contributed by atoms with Gasteiger partial charge >= 0.3 is 12.2 Å². The number of piperazine rings is 1. The Morgan fingerprint density at radius 1 is 0.943 bits per heavy atom. The summed E-state index contributed by atoms with van der Waals surface area (Å²) in [4.78, 5) is 30.4. The van der Waals surface area contributed by atoms with Crippen LogP contribution in [0.1, 0.15) is 67.2 Å². The average Bonchev–Trinajstić information content (AvgIpc) is 2.72. The van der Waals surface area contributed by atoms with Crippen LogP contribution in [0.2, 0.25) is 0 Å². The number of carbonyl (C=O) groups is 2. The molecule has 0 aliphatic carbocycles. The number of nitrogens with zero attached hydrogens (tertiary/aromatic N) is 3. The van der Waals surface area contributed by atoms with Crippen molar-refractivity contribution in [3.8, 4) is 0 Å². The maximum Gasteiger partial charge on any atom is 0.414 e. The van der Waals surface area contributed by atoms with Gasteiger partial charge in [-0.1, -0.05) is 12.8 Å². The van der Waals surface area contributed by atoms with Gasteiger partial charge in [-0.3, -0.25) is 9.80 Å². The normalized spacial score (nSPS) is 15.1. The third-order valence-corrected chi connectivity index (χ3v) is 5.51. The van der Waals surface area contributed by atoms with Crippen LogP contribution in [0.25, 0.3) is 0 Å². The van der Waals surface area contributed by atoms with Crippen molar-refractivity contribution >= 4 is 23.6 Å². The minimum absolute atomic E-state index is 0.177. The number of halogens is 1. The van der Waals surface area contributed by atoms with Gasteiger partial charge in [0.2, 0.25) is 0 Å². The molecule has 1 fully saturated rings. The molecule has 1 aliphatic heterocycles. The van der Waals surface area contributed by atoms with Crippen molar-refractivity contribution in [2.45, 2.75) is 78.4 Å². The summed E-state index contributed by atoms with van der Waals surface area (Å²) in [5.74, 6) is -0.540. The lowest BCUT2D eigenvalue weighted by Crippen LogP contribution is -2.50. The van der Waals surface area contributed by atoms with Crippen molar-refractivity contribution in [2.24, 2.45) is 0 Å². The van der Waals surface area contributed by atoms with E-state index in [1.54, 1.807) is 31.7 Å². The molecular weight excluding hydrogens is 451 g/mol. The Bertz CT molecular complexity index is 843. The molecule has 35 heavy (non-hydrogen) atoms. The van der Waals surface area contributed by atoms with Crippen LogP contribution < -0.4 is 10.6 Å². The molecule has 8 nitrogen and oxygen atoms in total. The van der Waals surface area contributed by atoms with Gasteiger partial charge in [-0.25, -0.2) is 14.0 Å². The molecule has 0 unspecified atom stereocenters. The highest BCUT2D eigenvalue weighted by Gasteiger charge is 2.26. The van der Waals surface area contributed by atoms with E-state index in [0.29, 0.717) is 25.3 Å². The molecule has 0 bridgehead atoms. The Morgan fingerprint density at radius 2 is 1.54 bits per heavy atom. The Hall–Kier alpha value is -2.55. The largest absolute Gasteiger partial charge is 0.444 e. The van der Waals surface area contributed by atoms with E-state index in [1.165, 1.54) is 17.0 Å². The first-order valence-corrected chi connectivity index (χ1v) is 12.5. The van der Waals surface area contributed by atoms with Crippen molar-refractivity contribution in [3.05, 3.63) is 24.0 Å². The van der Waals surface area contributed by atoms with Crippen molar-refractivity contribution in [1.82, 2.24) is 9.80 Å². The second-order valence-corrected chi connectivity index (χ2v) is 11.1. The molecule has 1 aromatic rings. The van der Waals surface area contributed by atoms with E-state index in [-0.39, 0.29) is 11.8 Å². The number of benzene rings is 1. The summed E-state index contributed by atoms with van der Waals surface area (Å²) in [7, 11) is 0. The standard InChI is InChI=1S/C26H43FN4O4/c1-25(2,3)34-23(32)30-17-15-29(16-18-30)13-9-7-8-10-14-31(24(33)35-26(4,5)6)22-12-11-20(28)19-21(22)27/h11-12,19H,7-10,13-18,28H2,1-6H3. The zero-order valence-corrected chi connectivity index (χ0v) is 22.2. The van der Waals surface area contributed by atoms with E-state index in [2.05, 4.69) is 4.90 Å². The number of amides is 2. The van der Waals surface area contributed by atoms with Gasteiger partial charge < -0.3 is 20.1 Å². The fourth-order valence-corrected chi connectivity index (χ4v) is 3.81. The molecular formula is C26H43FN4O4. The van der Waals surface area contributed by atoms with Gasteiger partial charge in [0.15, 0.2) is 0 Å². The lowest BCUT2D eigenvalue weighted by atomic mass is 10.1. The summed E-state index contributed by atoms with van der Waals surface area (Å²) in [5, 5.41) is 0. The SMILES string of the molecule is CC(C)(C)OC(=O)N1CCN(CCCCCCN(C(=O)OC(C)(C)C)c2ccc(N)cc2F)CC1. The third kappa shape index (κ3) is 10.3. The molecule has 1 aromatic carbocycles. The van der Waals surface area contributed by atoms with Crippen LogP contribution >= 0.6 is 0 Å². The topological polar surface area (TPSA) is 88.3 Å². The molecule has 0 saturated carbocycles. The molecule has 198 valence electrons. The van der Waals surface area contributed by atoms with Crippen LogP contribution in [-0.2, 0) is 9.47 Å². The summed E-state index contributed by atoms with van der Waals surface area (Å²) >= 11 is 0. The van der Waals surface area contributed by atoms with E-state index < -0.39 is 23.1 Å². The predicted molar refractivity (Wildman–Crippen MR) is 137 cm³/mol. The van der Waals surface area contributed by atoms with E-state index in [4.69, 9.17) is 15.2 Å². The first-order chi connectivity index (χ1) is 16.2. The summed E-state index contributed by atoms with van der Waals surface area (Å²) in [5.41, 5.74) is 5.00. The maximum absolute atomic E-state index is 14.5. The molecule has 1 aliphatic rings. The lowest BCUT2D eigenvalue weighted by molar-refractivity contribution is 0.0144. The Kier molecular flexibility index (Phi) is 10.2. The molecule has 2 N–H and O–H groups in total. The van der Waals surface area contributed by atoms with Crippen molar-refractivity contribution in [3.63, 3.8) is 0 Å². The van der Waals surface area contributed by atoms with E-state index in [9.17, 15) is 14.0 Å². The average molecular weight is 495 g/mol. The maximum atomic E-state index is 14.5. The predicted octanol–water partition coefficient (Wildman–Crippen LogP) is 5.26. The smallest absolute Gasteiger partial charge is 0.414 e. The minimum Gasteiger partial charge on any atom is -0.444 e. The zero-order chi connectivity index (χ0) is 26.2. The monoisotopic (exact) mass is 494 g/mol. The molecule has 1 heterocycles. The summed E-state index contributed by atoms with van der Waals surface area (Å²) < 4.78 is 25.5. The molecule has 0 spiro atoms. The first-order valence-electron chi connectivity index (χ1n) is 12.5.